The number of thiophene rings is 1. The molecule has 0 saturated heterocycles. The Kier molecular flexibility index (Phi) is 2.07. The lowest BCUT2D eigenvalue weighted by Gasteiger charge is -1.97. The first-order chi connectivity index (χ1) is 9.34. The van der Waals surface area contributed by atoms with E-state index in [1.165, 1.54) is 4.68 Å². The SMILES string of the molecule is O=c1c2cnc3ccsc3c2[nH]n1-c1ccccn1. The summed E-state index contributed by atoms with van der Waals surface area (Å²) in [6, 6.07) is 7.39. The summed E-state index contributed by atoms with van der Waals surface area (Å²) in [5.41, 5.74) is 1.58. The summed E-state index contributed by atoms with van der Waals surface area (Å²) in [5, 5.41) is 5.67. The number of pyridine rings is 2. The molecule has 0 radical (unpaired) electrons. The lowest BCUT2D eigenvalue weighted by atomic mass is 10.3. The van der Waals surface area contributed by atoms with Gasteiger partial charge >= 0.3 is 0 Å². The smallest absolute Gasteiger partial charge is 0.282 e. The number of fused-ring (bicyclic) bond motifs is 3. The quantitative estimate of drug-likeness (QED) is 0.576. The topological polar surface area (TPSA) is 63.6 Å². The van der Waals surface area contributed by atoms with Crippen molar-refractivity contribution < 1.29 is 0 Å². The molecule has 0 aliphatic carbocycles. The third-order valence-electron chi connectivity index (χ3n) is 3.01. The summed E-state index contributed by atoms with van der Waals surface area (Å²) < 4.78 is 2.44. The number of nitrogens with zero attached hydrogens (tertiary/aromatic N) is 3. The van der Waals surface area contributed by atoms with E-state index in [4.69, 9.17) is 0 Å². The van der Waals surface area contributed by atoms with Crippen molar-refractivity contribution in [3.63, 3.8) is 0 Å². The minimum absolute atomic E-state index is 0.128. The average molecular weight is 268 g/mol. The van der Waals surface area contributed by atoms with Crippen LogP contribution in [0.4, 0.5) is 0 Å². The van der Waals surface area contributed by atoms with Gasteiger partial charge in [-0.2, -0.15) is 0 Å². The number of hydrogen-bond donors (Lipinski definition) is 1. The molecule has 4 aromatic heterocycles. The van der Waals surface area contributed by atoms with Crippen molar-refractivity contribution in [3.8, 4) is 5.82 Å². The molecular formula is C13H8N4OS. The minimum atomic E-state index is -0.128. The van der Waals surface area contributed by atoms with Gasteiger partial charge in [0, 0.05) is 12.4 Å². The highest BCUT2D eigenvalue weighted by atomic mass is 32.1. The van der Waals surface area contributed by atoms with Gasteiger partial charge in [0.1, 0.15) is 0 Å². The van der Waals surface area contributed by atoms with Crippen molar-refractivity contribution in [2.75, 3.05) is 0 Å². The van der Waals surface area contributed by atoms with Crippen molar-refractivity contribution in [3.05, 3.63) is 52.4 Å². The van der Waals surface area contributed by atoms with Gasteiger partial charge < -0.3 is 0 Å². The van der Waals surface area contributed by atoms with Gasteiger partial charge in [0.05, 0.1) is 21.1 Å². The van der Waals surface area contributed by atoms with E-state index in [2.05, 4.69) is 15.1 Å². The van der Waals surface area contributed by atoms with E-state index in [1.54, 1.807) is 29.8 Å². The van der Waals surface area contributed by atoms with E-state index >= 15 is 0 Å². The molecule has 4 heterocycles. The van der Waals surface area contributed by atoms with Crippen molar-refractivity contribution in [2.45, 2.75) is 0 Å². The zero-order valence-corrected chi connectivity index (χ0v) is 10.5. The zero-order chi connectivity index (χ0) is 12.8. The summed E-state index contributed by atoms with van der Waals surface area (Å²) in [6.45, 7) is 0. The first-order valence-corrected chi connectivity index (χ1v) is 6.61. The van der Waals surface area contributed by atoms with Crippen LogP contribution in [0.2, 0.25) is 0 Å². The molecule has 0 unspecified atom stereocenters. The summed E-state index contributed by atoms with van der Waals surface area (Å²) >= 11 is 1.57. The van der Waals surface area contributed by atoms with E-state index in [-0.39, 0.29) is 5.56 Å². The standard InChI is InChI=1S/C13H8N4OS/c18-13-8-7-15-9-4-6-19-12(9)11(8)16-17(13)10-3-1-2-5-14-10/h1-7,16H. The van der Waals surface area contributed by atoms with Crippen LogP contribution in [0, 0.1) is 0 Å². The molecule has 0 aliphatic rings. The normalized spacial score (nSPS) is 11.4. The monoisotopic (exact) mass is 268 g/mol. The van der Waals surface area contributed by atoms with E-state index < -0.39 is 0 Å². The summed E-state index contributed by atoms with van der Waals surface area (Å²) in [5.74, 6) is 0.577. The number of aromatic nitrogens is 4. The Morgan fingerprint density at radius 1 is 1.21 bits per heavy atom. The highest BCUT2D eigenvalue weighted by Gasteiger charge is 2.12. The fourth-order valence-electron chi connectivity index (χ4n) is 2.12. The number of nitrogens with one attached hydrogen (secondary N) is 1. The number of aromatic amines is 1. The van der Waals surface area contributed by atoms with Crippen LogP contribution in [0.3, 0.4) is 0 Å². The summed E-state index contributed by atoms with van der Waals surface area (Å²) in [4.78, 5) is 20.8. The van der Waals surface area contributed by atoms with Gasteiger partial charge in [-0.15, -0.1) is 11.3 Å². The Balaban J connectivity index is 2.14. The zero-order valence-electron chi connectivity index (χ0n) is 9.70. The second kappa shape index (κ2) is 3.76. The van der Waals surface area contributed by atoms with Gasteiger partial charge in [-0.05, 0) is 23.6 Å². The Morgan fingerprint density at radius 2 is 2.16 bits per heavy atom. The largest absolute Gasteiger partial charge is 0.287 e. The van der Waals surface area contributed by atoms with E-state index in [0.717, 1.165) is 15.7 Å². The molecule has 4 rings (SSSR count). The van der Waals surface area contributed by atoms with Crippen LogP contribution in [-0.4, -0.2) is 19.7 Å². The molecule has 4 aromatic rings. The van der Waals surface area contributed by atoms with Crippen LogP contribution in [-0.2, 0) is 0 Å². The lowest BCUT2D eigenvalue weighted by molar-refractivity contribution is 0.832. The molecule has 0 atom stereocenters. The molecule has 92 valence electrons. The van der Waals surface area contributed by atoms with Crippen LogP contribution in [0.1, 0.15) is 0 Å². The lowest BCUT2D eigenvalue weighted by Crippen LogP contribution is -2.15. The fraction of sp³-hybridized carbons (Fsp3) is 0. The van der Waals surface area contributed by atoms with Gasteiger partial charge in [0.2, 0.25) is 0 Å². The molecule has 0 fully saturated rings. The van der Waals surface area contributed by atoms with E-state index in [9.17, 15) is 4.79 Å². The maximum atomic E-state index is 12.4. The molecule has 0 aliphatic heterocycles. The number of hydrogen-bond acceptors (Lipinski definition) is 4. The third-order valence-corrected chi connectivity index (χ3v) is 3.93. The minimum Gasteiger partial charge on any atom is -0.287 e. The van der Waals surface area contributed by atoms with Gasteiger partial charge in [0.15, 0.2) is 5.82 Å². The maximum Gasteiger partial charge on any atom is 0.282 e. The van der Waals surface area contributed by atoms with Crippen LogP contribution >= 0.6 is 11.3 Å². The number of rotatable bonds is 1. The molecule has 0 saturated carbocycles. The molecule has 0 amide bonds. The molecule has 19 heavy (non-hydrogen) atoms. The Labute approximate surface area is 111 Å². The predicted molar refractivity (Wildman–Crippen MR) is 74.9 cm³/mol. The molecule has 5 nitrogen and oxygen atoms in total. The Bertz CT molecular complexity index is 936. The van der Waals surface area contributed by atoms with Gasteiger partial charge in [-0.25, -0.2) is 9.67 Å². The van der Waals surface area contributed by atoms with Crippen LogP contribution in [0.25, 0.3) is 26.9 Å². The maximum absolute atomic E-state index is 12.4. The summed E-state index contributed by atoms with van der Waals surface area (Å²) in [7, 11) is 0. The molecule has 0 bridgehead atoms. The average Bonchev–Trinajstić information content (AvgIpc) is 3.04. The van der Waals surface area contributed by atoms with Gasteiger partial charge in [0.25, 0.3) is 5.56 Å². The second-order valence-corrected chi connectivity index (χ2v) is 5.04. The number of H-pyrrole nitrogens is 1. The van der Waals surface area contributed by atoms with Crippen LogP contribution in [0.5, 0.6) is 0 Å². The van der Waals surface area contributed by atoms with Crippen LogP contribution in [0.15, 0.2) is 46.8 Å². The van der Waals surface area contributed by atoms with E-state index in [0.29, 0.717) is 11.2 Å². The third kappa shape index (κ3) is 1.43. The Morgan fingerprint density at radius 3 is 3.00 bits per heavy atom. The van der Waals surface area contributed by atoms with Gasteiger partial charge in [-0.1, -0.05) is 6.07 Å². The summed E-state index contributed by atoms with van der Waals surface area (Å²) in [6.07, 6.45) is 3.27. The molecular weight excluding hydrogens is 260 g/mol. The molecule has 0 spiro atoms. The highest BCUT2D eigenvalue weighted by Crippen LogP contribution is 2.25. The molecule has 6 heteroatoms. The predicted octanol–water partition coefficient (Wildman–Crippen LogP) is 2.32. The fourth-order valence-corrected chi connectivity index (χ4v) is 2.96. The van der Waals surface area contributed by atoms with Crippen molar-refractivity contribution >= 4 is 32.5 Å². The first kappa shape index (κ1) is 10.5. The molecule has 0 aromatic carbocycles. The van der Waals surface area contributed by atoms with Crippen LogP contribution < -0.4 is 5.56 Å². The molecule has 1 N–H and O–H groups in total. The van der Waals surface area contributed by atoms with Crippen molar-refractivity contribution in [1.82, 2.24) is 19.7 Å². The highest BCUT2D eigenvalue weighted by molar-refractivity contribution is 7.18. The van der Waals surface area contributed by atoms with E-state index in [1.807, 2.05) is 23.6 Å². The van der Waals surface area contributed by atoms with Gasteiger partial charge in [-0.3, -0.25) is 14.9 Å². The van der Waals surface area contributed by atoms with Crippen molar-refractivity contribution in [1.29, 1.82) is 0 Å². The second-order valence-electron chi connectivity index (χ2n) is 4.12. The first-order valence-electron chi connectivity index (χ1n) is 5.73. The van der Waals surface area contributed by atoms with Crippen molar-refractivity contribution in [2.24, 2.45) is 0 Å². The Hall–Kier alpha value is -2.47.